The molecule has 3 N–H and O–H groups in total. The van der Waals surface area contributed by atoms with E-state index in [0.29, 0.717) is 36.2 Å². The Bertz CT molecular complexity index is 841. The Labute approximate surface area is 169 Å². The van der Waals surface area contributed by atoms with Gasteiger partial charge in [0.1, 0.15) is 5.82 Å². The molecule has 1 aliphatic carbocycles. The second kappa shape index (κ2) is 10.1. The van der Waals surface area contributed by atoms with Crippen LogP contribution < -0.4 is 10.6 Å². The van der Waals surface area contributed by atoms with Crippen molar-refractivity contribution in [3.8, 4) is 11.3 Å². The maximum absolute atomic E-state index is 13.4. The third kappa shape index (κ3) is 5.84. The van der Waals surface area contributed by atoms with Gasteiger partial charge in [-0.3, -0.25) is 14.6 Å². The molecule has 1 saturated carbocycles. The van der Waals surface area contributed by atoms with Crippen LogP contribution in [0, 0.1) is 11.7 Å². The highest BCUT2D eigenvalue weighted by molar-refractivity contribution is 5.94. The van der Waals surface area contributed by atoms with Crippen LogP contribution in [0.5, 0.6) is 0 Å². The van der Waals surface area contributed by atoms with Gasteiger partial charge in [0, 0.05) is 36.9 Å². The first kappa shape index (κ1) is 20.9. The molecule has 0 aliphatic heterocycles. The lowest BCUT2D eigenvalue weighted by molar-refractivity contribution is -0.126. The molecule has 1 aromatic heterocycles. The summed E-state index contributed by atoms with van der Waals surface area (Å²) in [7, 11) is 0. The van der Waals surface area contributed by atoms with E-state index in [-0.39, 0.29) is 36.2 Å². The highest BCUT2D eigenvalue weighted by Gasteiger charge is 2.28. The summed E-state index contributed by atoms with van der Waals surface area (Å²) in [5.74, 6) is -0.701. The molecule has 1 aromatic carbocycles. The summed E-state index contributed by atoms with van der Waals surface area (Å²) in [5.41, 5.74) is 1.68. The number of halogens is 1. The smallest absolute Gasteiger partial charge is 0.253 e. The molecule has 0 saturated heterocycles. The molecule has 0 spiro atoms. The molecular formula is C22H26FN3O3. The normalized spacial score (nSPS) is 18.8. The number of amides is 2. The molecular weight excluding hydrogens is 373 g/mol. The van der Waals surface area contributed by atoms with Gasteiger partial charge in [0.25, 0.3) is 5.91 Å². The fraction of sp³-hybridized carbons (Fsp3) is 0.409. The molecule has 0 unspecified atom stereocenters. The maximum atomic E-state index is 13.4. The third-order valence-corrected chi connectivity index (χ3v) is 5.16. The molecule has 154 valence electrons. The molecule has 2 atom stereocenters. The quantitative estimate of drug-likeness (QED) is 0.625. The molecule has 3 rings (SSSR count). The minimum Gasteiger partial charge on any atom is -0.396 e. The second-order valence-corrected chi connectivity index (χ2v) is 7.34. The van der Waals surface area contributed by atoms with Gasteiger partial charge in [-0.1, -0.05) is 18.6 Å². The lowest BCUT2D eigenvalue weighted by Crippen LogP contribution is -2.42. The van der Waals surface area contributed by atoms with Crippen molar-refractivity contribution < 1.29 is 19.1 Å². The first-order valence-electron chi connectivity index (χ1n) is 9.98. The molecule has 7 heteroatoms. The molecule has 0 bridgehead atoms. The Kier molecular flexibility index (Phi) is 7.30. The number of aliphatic hydroxyl groups is 1. The second-order valence-electron chi connectivity index (χ2n) is 7.34. The van der Waals surface area contributed by atoms with Crippen molar-refractivity contribution in [2.45, 2.75) is 38.1 Å². The number of aliphatic hydroxyl groups excluding tert-OH is 1. The van der Waals surface area contributed by atoms with E-state index < -0.39 is 0 Å². The first-order chi connectivity index (χ1) is 14.1. The van der Waals surface area contributed by atoms with Crippen LogP contribution in [-0.4, -0.2) is 41.1 Å². The van der Waals surface area contributed by atoms with Gasteiger partial charge >= 0.3 is 0 Å². The van der Waals surface area contributed by atoms with Crippen LogP contribution in [0.15, 0.2) is 42.6 Å². The van der Waals surface area contributed by atoms with Gasteiger partial charge in [-0.25, -0.2) is 4.39 Å². The summed E-state index contributed by atoms with van der Waals surface area (Å²) in [6, 6.07) is 9.45. The molecule has 1 fully saturated rings. The first-order valence-corrected chi connectivity index (χ1v) is 9.98. The van der Waals surface area contributed by atoms with Gasteiger partial charge in [0.2, 0.25) is 5.91 Å². The summed E-state index contributed by atoms with van der Waals surface area (Å²) in [6.45, 7) is 0.516. The minimum atomic E-state index is -0.335. The number of nitrogens with zero attached hydrogens (tertiary/aromatic N) is 1. The topological polar surface area (TPSA) is 91.3 Å². The average Bonchev–Trinajstić information content (AvgIpc) is 2.74. The van der Waals surface area contributed by atoms with Gasteiger partial charge in [0.05, 0.1) is 11.3 Å². The predicted molar refractivity (Wildman–Crippen MR) is 108 cm³/mol. The van der Waals surface area contributed by atoms with Crippen molar-refractivity contribution in [3.63, 3.8) is 0 Å². The highest BCUT2D eigenvalue weighted by atomic mass is 19.1. The Hall–Kier alpha value is -2.80. The Morgan fingerprint density at radius 3 is 2.79 bits per heavy atom. The van der Waals surface area contributed by atoms with E-state index in [1.54, 1.807) is 24.3 Å². The van der Waals surface area contributed by atoms with E-state index in [2.05, 4.69) is 15.6 Å². The van der Waals surface area contributed by atoms with Crippen LogP contribution in [0.3, 0.4) is 0 Å². The number of aromatic nitrogens is 1. The van der Waals surface area contributed by atoms with Crippen molar-refractivity contribution in [2.75, 3.05) is 13.2 Å². The third-order valence-electron chi connectivity index (χ3n) is 5.16. The number of carbonyl (C=O) groups excluding carboxylic acids is 2. The van der Waals surface area contributed by atoms with Gasteiger partial charge in [-0.05, 0) is 49.9 Å². The zero-order chi connectivity index (χ0) is 20.6. The van der Waals surface area contributed by atoms with Crippen molar-refractivity contribution in [1.82, 2.24) is 15.6 Å². The van der Waals surface area contributed by atoms with Crippen LogP contribution in [0.25, 0.3) is 11.3 Å². The Morgan fingerprint density at radius 2 is 2.07 bits per heavy atom. The summed E-state index contributed by atoms with van der Waals surface area (Å²) in [5, 5.41) is 14.6. The van der Waals surface area contributed by atoms with E-state index in [4.69, 9.17) is 5.11 Å². The van der Waals surface area contributed by atoms with Gasteiger partial charge in [-0.15, -0.1) is 0 Å². The Morgan fingerprint density at radius 1 is 1.21 bits per heavy atom. The fourth-order valence-electron chi connectivity index (χ4n) is 3.61. The summed E-state index contributed by atoms with van der Waals surface area (Å²) < 4.78 is 13.4. The number of rotatable bonds is 7. The molecule has 2 amide bonds. The molecule has 0 radical (unpaired) electrons. The fourth-order valence-corrected chi connectivity index (χ4v) is 3.61. The average molecular weight is 399 g/mol. The number of pyridine rings is 1. The van der Waals surface area contributed by atoms with Crippen LogP contribution in [0.1, 0.15) is 42.5 Å². The summed E-state index contributed by atoms with van der Waals surface area (Å²) >= 11 is 0. The van der Waals surface area contributed by atoms with E-state index in [9.17, 15) is 14.0 Å². The van der Waals surface area contributed by atoms with Crippen molar-refractivity contribution in [3.05, 3.63) is 54.0 Å². The standard InChI is InChI=1S/C22H26FN3O3/c23-18-6-1-4-15(12-18)20-9-8-17(14-25-20)22(29)26-19-7-2-5-16(13-19)21(28)24-10-3-11-27/h1,4,6,8-9,12,14,16,19,27H,2-3,5,7,10-11,13H2,(H,24,28)(H,26,29)/t16-,19-/m1/s1. The minimum absolute atomic E-state index is 0.0153. The van der Waals surface area contributed by atoms with E-state index in [1.807, 2.05) is 0 Å². The lowest BCUT2D eigenvalue weighted by Gasteiger charge is -2.29. The van der Waals surface area contributed by atoms with Crippen LogP contribution in [0.4, 0.5) is 4.39 Å². The van der Waals surface area contributed by atoms with Crippen molar-refractivity contribution in [1.29, 1.82) is 0 Å². The van der Waals surface area contributed by atoms with Gasteiger partial charge < -0.3 is 15.7 Å². The van der Waals surface area contributed by atoms with Crippen LogP contribution >= 0.6 is 0 Å². The van der Waals surface area contributed by atoms with E-state index in [1.165, 1.54) is 18.3 Å². The lowest BCUT2D eigenvalue weighted by atomic mass is 9.85. The van der Waals surface area contributed by atoms with Crippen LogP contribution in [0.2, 0.25) is 0 Å². The molecule has 1 heterocycles. The Balaban J connectivity index is 1.56. The zero-order valence-corrected chi connectivity index (χ0v) is 16.2. The summed E-state index contributed by atoms with van der Waals surface area (Å²) in [6.07, 6.45) is 5.14. The van der Waals surface area contributed by atoms with E-state index in [0.717, 1.165) is 19.3 Å². The molecule has 2 aromatic rings. The largest absolute Gasteiger partial charge is 0.396 e. The molecule has 6 nitrogen and oxygen atoms in total. The number of benzene rings is 1. The highest BCUT2D eigenvalue weighted by Crippen LogP contribution is 2.25. The van der Waals surface area contributed by atoms with Gasteiger partial charge in [0.15, 0.2) is 0 Å². The molecule has 1 aliphatic rings. The van der Waals surface area contributed by atoms with E-state index >= 15 is 0 Å². The number of carbonyl (C=O) groups is 2. The van der Waals surface area contributed by atoms with Crippen LogP contribution in [-0.2, 0) is 4.79 Å². The predicted octanol–water partition coefficient (Wildman–Crippen LogP) is 2.67. The SMILES string of the molecule is O=C(N[C@@H]1CCC[C@@H](C(=O)NCCCO)C1)c1ccc(-c2cccc(F)c2)nc1. The van der Waals surface area contributed by atoms with Crippen molar-refractivity contribution in [2.24, 2.45) is 5.92 Å². The number of hydrogen-bond donors (Lipinski definition) is 3. The van der Waals surface area contributed by atoms with Crippen molar-refractivity contribution >= 4 is 11.8 Å². The number of hydrogen-bond acceptors (Lipinski definition) is 4. The maximum Gasteiger partial charge on any atom is 0.253 e. The molecule has 29 heavy (non-hydrogen) atoms. The van der Waals surface area contributed by atoms with Gasteiger partial charge in [-0.2, -0.15) is 0 Å². The zero-order valence-electron chi connectivity index (χ0n) is 16.2. The monoisotopic (exact) mass is 399 g/mol. The summed E-state index contributed by atoms with van der Waals surface area (Å²) in [4.78, 5) is 29.1. The number of nitrogens with one attached hydrogen (secondary N) is 2.